The molecule has 1 aliphatic heterocycles. The lowest BCUT2D eigenvalue weighted by atomic mass is 9.92. The van der Waals surface area contributed by atoms with Gasteiger partial charge < -0.3 is 10.6 Å². The maximum atomic E-state index is 12.7. The largest absolute Gasteiger partial charge is 0.342 e. The molecule has 0 radical (unpaired) electrons. The summed E-state index contributed by atoms with van der Waals surface area (Å²) in [7, 11) is -3.54. The van der Waals surface area contributed by atoms with Crippen LogP contribution in [0.15, 0.2) is 23.1 Å². The summed E-state index contributed by atoms with van der Waals surface area (Å²) in [6.07, 6.45) is 4.90. The molecule has 1 aromatic carbocycles. The Morgan fingerprint density at radius 3 is 2.60 bits per heavy atom. The summed E-state index contributed by atoms with van der Waals surface area (Å²) >= 11 is 0. The molecule has 0 bridgehead atoms. The number of nitrogens with one attached hydrogen (secondary N) is 1. The average Bonchev–Trinajstić information content (AvgIpc) is 2.76. The summed E-state index contributed by atoms with van der Waals surface area (Å²) in [4.78, 5) is 13.7. The van der Waals surface area contributed by atoms with Gasteiger partial charge >= 0.3 is 0 Å². The minimum Gasteiger partial charge on any atom is -0.342 e. The first-order valence-corrected chi connectivity index (χ1v) is 10.5. The average molecular weight is 365 g/mol. The molecule has 6 nitrogen and oxygen atoms in total. The number of hydrogen-bond donors (Lipinski definition) is 2. The molecule has 3 rings (SSSR count). The van der Waals surface area contributed by atoms with Crippen molar-refractivity contribution in [2.45, 2.75) is 62.4 Å². The minimum atomic E-state index is -3.54. The predicted octanol–water partition coefficient (Wildman–Crippen LogP) is 1.18. The van der Waals surface area contributed by atoms with Gasteiger partial charge in [0.2, 0.25) is 15.9 Å². The number of fused-ring (bicyclic) bond motifs is 1. The van der Waals surface area contributed by atoms with E-state index in [1.54, 1.807) is 19.1 Å². The number of nitrogens with zero attached hydrogens (tertiary/aromatic N) is 1. The first kappa shape index (κ1) is 18.4. The van der Waals surface area contributed by atoms with Crippen LogP contribution >= 0.6 is 0 Å². The summed E-state index contributed by atoms with van der Waals surface area (Å²) < 4.78 is 28.3. The molecule has 0 saturated heterocycles. The van der Waals surface area contributed by atoms with E-state index in [1.807, 2.05) is 11.0 Å². The number of carbonyl (C=O) groups is 1. The lowest BCUT2D eigenvalue weighted by molar-refractivity contribution is -0.128. The highest BCUT2D eigenvalue weighted by Gasteiger charge is 2.26. The number of benzene rings is 1. The van der Waals surface area contributed by atoms with Crippen LogP contribution in [0, 0.1) is 0 Å². The molecular formula is C18H27N3O3S. The fourth-order valence-electron chi connectivity index (χ4n) is 3.81. The Labute approximate surface area is 149 Å². The van der Waals surface area contributed by atoms with Gasteiger partial charge in [-0.1, -0.05) is 12.5 Å². The Hall–Kier alpha value is -1.44. The molecule has 1 fully saturated rings. The highest BCUT2D eigenvalue weighted by atomic mass is 32.2. The third-order valence-electron chi connectivity index (χ3n) is 5.27. The Bertz CT molecular complexity index is 748. The third-order valence-corrected chi connectivity index (χ3v) is 6.79. The van der Waals surface area contributed by atoms with Gasteiger partial charge in [0.15, 0.2) is 0 Å². The van der Waals surface area contributed by atoms with Crippen molar-refractivity contribution in [3.8, 4) is 0 Å². The van der Waals surface area contributed by atoms with Crippen LogP contribution in [0.5, 0.6) is 0 Å². The molecule has 2 atom stereocenters. The first-order chi connectivity index (χ1) is 11.8. The van der Waals surface area contributed by atoms with Gasteiger partial charge in [-0.25, -0.2) is 13.1 Å². The third kappa shape index (κ3) is 4.40. The molecule has 1 aliphatic carbocycles. The van der Waals surface area contributed by atoms with Crippen LogP contribution in [0.25, 0.3) is 0 Å². The highest BCUT2D eigenvalue weighted by molar-refractivity contribution is 7.89. The number of sulfonamides is 1. The van der Waals surface area contributed by atoms with Gasteiger partial charge in [0.25, 0.3) is 0 Å². The van der Waals surface area contributed by atoms with E-state index < -0.39 is 10.0 Å². The Morgan fingerprint density at radius 1 is 1.20 bits per heavy atom. The highest BCUT2D eigenvalue weighted by Crippen LogP contribution is 2.23. The molecule has 2 aliphatic rings. The lowest BCUT2D eigenvalue weighted by Gasteiger charge is -2.27. The van der Waals surface area contributed by atoms with Crippen LogP contribution < -0.4 is 10.5 Å². The van der Waals surface area contributed by atoms with Gasteiger partial charge in [-0.3, -0.25) is 4.79 Å². The summed E-state index contributed by atoms with van der Waals surface area (Å²) in [5.74, 6) is 0.0657. The van der Waals surface area contributed by atoms with Gasteiger partial charge in [0.05, 0.1) is 4.90 Å². The van der Waals surface area contributed by atoms with Crippen molar-refractivity contribution in [2.75, 3.05) is 13.1 Å². The Morgan fingerprint density at radius 2 is 1.92 bits per heavy atom. The monoisotopic (exact) mass is 365 g/mol. The van der Waals surface area contributed by atoms with E-state index in [0.717, 1.165) is 36.8 Å². The van der Waals surface area contributed by atoms with E-state index in [2.05, 4.69) is 4.72 Å². The van der Waals surface area contributed by atoms with E-state index in [4.69, 9.17) is 5.73 Å². The SMILES string of the molecule is CC(=O)N1CCc2ccc(S(=O)(=O)NC3CCCC(N)C3)cc2CC1. The molecule has 25 heavy (non-hydrogen) atoms. The molecule has 1 saturated carbocycles. The van der Waals surface area contributed by atoms with Crippen molar-refractivity contribution in [1.82, 2.24) is 9.62 Å². The first-order valence-electron chi connectivity index (χ1n) is 9.00. The van der Waals surface area contributed by atoms with Gasteiger partial charge in [-0.2, -0.15) is 0 Å². The molecule has 0 aromatic heterocycles. The van der Waals surface area contributed by atoms with Crippen molar-refractivity contribution in [3.05, 3.63) is 29.3 Å². The topological polar surface area (TPSA) is 92.5 Å². The van der Waals surface area contributed by atoms with Crippen LogP contribution in [0.2, 0.25) is 0 Å². The summed E-state index contributed by atoms with van der Waals surface area (Å²) in [5.41, 5.74) is 8.11. The molecule has 138 valence electrons. The zero-order valence-electron chi connectivity index (χ0n) is 14.7. The van der Waals surface area contributed by atoms with Crippen molar-refractivity contribution in [2.24, 2.45) is 5.73 Å². The number of amides is 1. The van der Waals surface area contributed by atoms with E-state index in [9.17, 15) is 13.2 Å². The van der Waals surface area contributed by atoms with E-state index in [0.29, 0.717) is 30.8 Å². The normalized spacial score (nSPS) is 24.5. The second-order valence-electron chi connectivity index (χ2n) is 7.18. The van der Waals surface area contributed by atoms with Crippen LogP contribution in [-0.2, 0) is 27.7 Å². The summed E-state index contributed by atoms with van der Waals surface area (Å²) in [6, 6.07) is 5.32. The van der Waals surface area contributed by atoms with Crippen molar-refractivity contribution in [3.63, 3.8) is 0 Å². The predicted molar refractivity (Wildman–Crippen MR) is 96.7 cm³/mol. The van der Waals surface area contributed by atoms with Gasteiger partial charge in [0, 0.05) is 32.1 Å². The van der Waals surface area contributed by atoms with Crippen molar-refractivity contribution >= 4 is 15.9 Å². The standard InChI is InChI=1S/C18H27N3O3S/c1-13(22)21-9-7-14-5-6-18(11-15(14)8-10-21)25(23,24)20-17-4-2-3-16(19)12-17/h5-6,11,16-17,20H,2-4,7-10,12,19H2,1H3. The number of nitrogens with two attached hydrogens (primary N) is 1. The van der Waals surface area contributed by atoms with E-state index in [1.165, 1.54) is 0 Å². The maximum Gasteiger partial charge on any atom is 0.240 e. The lowest BCUT2D eigenvalue weighted by Crippen LogP contribution is -2.42. The van der Waals surface area contributed by atoms with Crippen LogP contribution in [0.3, 0.4) is 0 Å². The van der Waals surface area contributed by atoms with Crippen LogP contribution in [-0.4, -0.2) is 44.4 Å². The molecule has 1 aromatic rings. The molecule has 2 unspecified atom stereocenters. The molecule has 7 heteroatoms. The molecule has 1 heterocycles. The smallest absolute Gasteiger partial charge is 0.240 e. The number of rotatable bonds is 3. The fourth-order valence-corrected chi connectivity index (χ4v) is 5.14. The quantitative estimate of drug-likeness (QED) is 0.841. The zero-order valence-corrected chi connectivity index (χ0v) is 15.5. The van der Waals surface area contributed by atoms with Gasteiger partial charge in [0.1, 0.15) is 0 Å². The maximum absolute atomic E-state index is 12.7. The number of hydrogen-bond acceptors (Lipinski definition) is 4. The summed E-state index contributed by atoms with van der Waals surface area (Å²) in [6.45, 7) is 2.90. The van der Waals surface area contributed by atoms with E-state index in [-0.39, 0.29) is 18.0 Å². The minimum absolute atomic E-state index is 0.0657. The second kappa shape index (κ2) is 7.43. The molecular weight excluding hydrogens is 338 g/mol. The van der Waals surface area contributed by atoms with E-state index >= 15 is 0 Å². The van der Waals surface area contributed by atoms with Crippen molar-refractivity contribution < 1.29 is 13.2 Å². The van der Waals surface area contributed by atoms with Crippen LogP contribution in [0.4, 0.5) is 0 Å². The Kier molecular flexibility index (Phi) is 5.46. The van der Waals surface area contributed by atoms with Gasteiger partial charge in [-0.05, 0) is 55.4 Å². The zero-order chi connectivity index (χ0) is 18.0. The van der Waals surface area contributed by atoms with Gasteiger partial charge in [-0.15, -0.1) is 0 Å². The fraction of sp³-hybridized carbons (Fsp3) is 0.611. The van der Waals surface area contributed by atoms with Crippen LogP contribution in [0.1, 0.15) is 43.7 Å². The Balaban J connectivity index is 1.76. The second-order valence-corrected chi connectivity index (χ2v) is 8.90. The molecule has 0 spiro atoms. The molecule has 1 amide bonds. The van der Waals surface area contributed by atoms with Crippen molar-refractivity contribution in [1.29, 1.82) is 0 Å². The number of carbonyl (C=O) groups excluding carboxylic acids is 1. The molecule has 3 N–H and O–H groups in total. The summed E-state index contributed by atoms with van der Waals surface area (Å²) in [5, 5.41) is 0.